The number of ether oxygens (including phenoxy) is 1. The monoisotopic (exact) mass is 256 g/mol. The minimum absolute atomic E-state index is 0.0200. The van der Waals surface area contributed by atoms with Gasteiger partial charge in [-0.1, -0.05) is 19.1 Å². The molecule has 0 saturated heterocycles. The summed E-state index contributed by atoms with van der Waals surface area (Å²) in [6, 6.07) is 7.61. The minimum atomic E-state index is -0.0200. The van der Waals surface area contributed by atoms with Gasteiger partial charge < -0.3 is 4.74 Å². The van der Waals surface area contributed by atoms with Crippen LogP contribution in [0.3, 0.4) is 0 Å². The molecule has 0 bridgehead atoms. The lowest BCUT2D eigenvalue weighted by molar-refractivity contribution is 0.102. The Kier molecular flexibility index (Phi) is 2.85. The van der Waals surface area contributed by atoms with Gasteiger partial charge in [-0.05, 0) is 24.1 Å². The molecule has 0 radical (unpaired) electrons. The highest BCUT2D eigenvalue weighted by molar-refractivity contribution is 6.10. The molecule has 1 aromatic heterocycles. The highest BCUT2D eigenvalue weighted by Gasteiger charge is 2.23. The van der Waals surface area contributed by atoms with Gasteiger partial charge in [-0.3, -0.25) is 9.48 Å². The summed E-state index contributed by atoms with van der Waals surface area (Å²) in [4.78, 5) is 12.6. The topological polar surface area (TPSA) is 44.1 Å². The predicted molar refractivity (Wildman–Crippen MR) is 71.7 cm³/mol. The quantitative estimate of drug-likeness (QED) is 0.790. The number of aryl methyl sites for hydroxylation is 2. The molecule has 0 unspecified atom stereocenters. The number of hydrogen-bond donors (Lipinski definition) is 0. The van der Waals surface area contributed by atoms with Crippen LogP contribution in [0.2, 0.25) is 0 Å². The van der Waals surface area contributed by atoms with Crippen LogP contribution >= 0.6 is 0 Å². The lowest BCUT2D eigenvalue weighted by Crippen LogP contribution is -2.09. The third-order valence-electron chi connectivity index (χ3n) is 3.48. The lowest BCUT2D eigenvalue weighted by Gasteiger charge is -2.06. The average molecular weight is 256 g/mol. The first kappa shape index (κ1) is 12.0. The van der Waals surface area contributed by atoms with Gasteiger partial charge in [0.15, 0.2) is 0 Å². The Labute approximate surface area is 112 Å². The molecule has 0 aliphatic carbocycles. The van der Waals surface area contributed by atoms with Crippen LogP contribution in [-0.2, 0) is 19.9 Å². The van der Waals surface area contributed by atoms with E-state index in [0.717, 1.165) is 29.8 Å². The van der Waals surface area contributed by atoms with Gasteiger partial charge in [-0.2, -0.15) is 5.10 Å². The van der Waals surface area contributed by atoms with E-state index < -0.39 is 0 Å². The van der Waals surface area contributed by atoms with Crippen LogP contribution in [-0.4, -0.2) is 22.2 Å². The molecule has 0 saturated carbocycles. The van der Waals surface area contributed by atoms with Crippen molar-refractivity contribution in [3.63, 3.8) is 0 Å². The molecule has 0 N–H and O–H groups in total. The van der Waals surface area contributed by atoms with Crippen LogP contribution < -0.4 is 4.74 Å². The van der Waals surface area contributed by atoms with Gasteiger partial charge in [0.2, 0.25) is 5.78 Å². The number of hydrogen-bond acceptors (Lipinski definition) is 3. The summed E-state index contributed by atoms with van der Waals surface area (Å²) in [7, 11) is 1.80. The number of ketones is 1. The number of carbonyl (C=O) groups excluding carboxylic acids is 1. The maximum Gasteiger partial charge on any atom is 0.214 e. The maximum absolute atomic E-state index is 12.6. The largest absolute Gasteiger partial charge is 0.492 e. The molecule has 0 atom stereocenters. The fourth-order valence-corrected chi connectivity index (χ4v) is 2.44. The van der Waals surface area contributed by atoms with Gasteiger partial charge in [-0.25, -0.2) is 0 Å². The number of nitrogens with zero attached hydrogens (tertiary/aromatic N) is 2. The summed E-state index contributed by atoms with van der Waals surface area (Å²) >= 11 is 0. The van der Waals surface area contributed by atoms with Crippen molar-refractivity contribution in [1.29, 1.82) is 0 Å². The van der Waals surface area contributed by atoms with Gasteiger partial charge in [0.25, 0.3) is 0 Å². The predicted octanol–water partition coefficient (Wildman–Crippen LogP) is 2.15. The summed E-state index contributed by atoms with van der Waals surface area (Å²) in [5, 5.41) is 4.32. The van der Waals surface area contributed by atoms with Gasteiger partial charge in [0.05, 0.1) is 17.9 Å². The van der Waals surface area contributed by atoms with Crippen molar-refractivity contribution < 1.29 is 9.53 Å². The molecule has 0 fully saturated rings. The standard InChI is InChI=1S/C15H16N2O2/c1-3-11-9-13(17(2)16-11)14(18)12-6-4-5-10-7-8-19-15(10)12/h4-6,9H,3,7-8H2,1-2H3. The summed E-state index contributed by atoms with van der Waals surface area (Å²) in [5.74, 6) is 0.722. The molecule has 1 aliphatic heterocycles. The average Bonchev–Trinajstić information content (AvgIpc) is 3.03. The highest BCUT2D eigenvalue weighted by atomic mass is 16.5. The summed E-state index contributed by atoms with van der Waals surface area (Å²) in [6.07, 6.45) is 1.70. The summed E-state index contributed by atoms with van der Waals surface area (Å²) in [6.45, 7) is 2.69. The van der Waals surface area contributed by atoms with Gasteiger partial charge in [-0.15, -0.1) is 0 Å². The Bertz CT molecular complexity index is 644. The number of fused-ring (bicyclic) bond motifs is 1. The van der Waals surface area contributed by atoms with Gasteiger partial charge >= 0.3 is 0 Å². The second kappa shape index (κ2) is 4.53. The van der Waals surface area contributed by atoms with Crippen molar-refractivity contribution in [3.8, 4) is 5.75 Å². The van der Waals surface area contributed by atoms with Crippen LogP contribution in [0.5, 0.6) is 5.75 Å². The smallest absolute Gasteiger partial charge is 0.214 e. The van der Waals surface area contributed by atoms with Crippen molar-refractivity contribution in [3.05, 3.63) is 46.8 Å². The first-order valence-corrected chi connectivity index (χ1v) is 6.53. The molecule has 2 heterocycles. The van der Waals surface area contributed by atoms with E-state index in [1.165, 1.54) is 0 Å². The second-order valence-corrected chi connectivity index (χ2v) is 4.72. The molecule has 4 heteroatoms. The maximum atomic E-state index is 12.6. The van der Waals surface area contributed by atoms with Crippen molar-refractivity contribution in [2.24, 2.45) is 7.05 Å². The summed E-state index contributed by atoms with van der Waals surface area (Å²) < 4.78 is 7.24. The Morgan fingerprint density at radius 1 is 1.47 bits per heavy atom. The Hall–Kier alpha value is -2.10. The minimum Gasteiger partial charge on any atom is -0.492 e. The van der Waals surface area contributed by atoms with Crippen LogP contribution in [0.15, 0.2) is 24.3 Å². The van der Waals surface area contributed by atoms with E-state index in [4.69, 9.17) is 4.74 Å². The fraction of sp³-hybridized carbons (Fsp3) is 0.333. The first-order chi connectivity index (χ1) is 9.20. The Morgan fingerprint density at radius 3 is 3.05 bits per heavy atom. The zero-order valence-electron chi connectivity index (χ0n) is 11.1. The lowest BCUT2D eigenvalue weighted by atomic mass is 10.0. The van der Waals surface area contributed by atoms with E-state index in [0.29, 0.717) is 17.9 Å². The van der Waals surface area contributed by atoms with Crippen LogP contribution in [0.1, 0.15) is 34.2 Å². The third kappa shape index (κ3) is 1.93. The van der Waals surface area contributed by atoms with Crippen LogP contribution in [0.4, 0.5) is 0 Å². The van der Waals surface area contributed by atoms with Crippen molar-refractivity contribution >= 4 is 5.78 Å². The van der Waals surface area contributed by atoms with Gasteiger partial charge in [0, 0.05) is 13.5 Å². The Balaban J connectivity index is 2.05. The first-order valence-electron chi connectivity index (χ1n) is 6.53. The van der Waals surface area contributed by atoms with E-state index in [1.807, 2.05) is 31.2 Å². The molecular formula is C15H16N2O2. The van der Waals surface area contributed by atoms with E-state index >= 15 is 0 Å². The molecule has 98 valence electrons. The van der Waals surface area contributed by atoms with Gasteiger partial charge in [0.1, 0.15) is 11.4 Å². The second-order valence-electron chi connectivity index (χ2n) is 4.72. The zero-order chi connectivity index (χ0) is 13.4. The molecule has 4 nitrogen and oxygen atoms in total. The zero-order valence-corrected chi connectivity index (χ0v) is 11.1. The number of para-hydroxylation sites is 1. The fourth-order valence-electron chi connectivity index (χ4n) is 2.44. The number of carbonyl (C=O) groups is 1. The molecule has 19 heavy (non-hydrogen) atoms. The molecule has 2 aromatic rings. The van der Waals surface area contributed by atoms with E-state index in [-0.39, 0.29) is 5.78 Å². The molecule has 3 rings (SSSR count). The Morgan fingerprint density at radius 2 is 2.32 bits per heavy atom. The SMILES string of the molecule is CCc1cc(C(=O)c2cccc3c2OCC3)n(C)n1. The molecular weight excluding hydrogens is 240 g/mol. The van der Waals surface area contributed by atoms with Crippen molar-refractivity contribution in [1.82, 2.24) is 9.78 Å². The van der Waals surface area contributed by atoms with Crippen LogP contribution in [0, 0.1) is 0 Å². The number of rotatable bonds is 3. The molecule has 0 amide bonds. The third-order valence-corrected chi connectivity index (χ3v) is 3.48. The van der Waals surface area contributed by atoms with Crippen LogP contribution in [0.25, 0.3) is 0 Å². The van der Waals surface area contributed by atoms with E-state index in [1.54, 1.807) is 11.7 Å². The molecule has 1 aromatic carbocycles. The van der Waals surface area contributed by atoms with E-state index in [9.17, 15) is 4.79 Å². The van der Waals surface area contributed by atoms with Crippen molar-refractivity contribution in [2.45, 2.75) is 19.8 Å². The normalized spacial score (nSPS) is 13.2. The highest BCUT2D eigenvalue weighted by Crippen LogP contribution is 2.31. The number of aromatic nitrogens is 2. The summed E-state index contributed by atoms with van der Waals surface area (Å²) in [5.41, 5.74) is 3.30. The van der Waals surface area contributed by atoms with E-state index in [2.05, 4.69) is 5.10 Å². The number of benzene rings is 1. The van der Waals surface area contributed by atoms with Crippen molar-refractivity contribution in [2.75, 3.05) is 6.61 Å². The molecule has 1 aliphatic rings. The molecule has 0 spiro atoms.